The first-order valence-corrected chi connectivity index (χ1v) is 6.78. The summed E-state index contributed by atoms with van der Waals surface area (Å²) in [6.07, 6.45) is 0.982. The van der Waals surface area contributed by atoms with Crippen molar-refractivity contribution in [3.63, 3.8) is 0 Å². The van der Waals surface area contributed by atoms with Crippen LogP contribution in [0.15, 0.2) is 29.3 Å². The Morgan fingerprint density at radius 2 is 2.00 bits per heavy atom. The van der Waals surface area contributed by atoms with E-state index < -0.39 is 0 Å². The lowest BCUT2D eigenvalue weighted by Gasteiger charge is -2.39. The van der Waals surface area contributed by atoms with E-state index in [1.165, 1.54) is 4.90 Å². The van der Waals surface area contributed by atoms with Gasteiger partial charge in [0, 0.05) is 20.0 Å². The van der Waals surface area contributed by atoms with E-state index in [1.807, 2.05) is 36.1 Å². The van der Waals surface area contributed by atoms with Crippen LogP contribution in [0.3, 0.4) is 0 Å². The predicted molar refractivity (Wildman–Crippen MR) is 75.6 cm³/mol. The Kier molecular flexibility index (Phi) is 3.04. The molecule has 2 amide bonds. The van der Waals surface area contributed by atoms with Gasteiger partial charge in [0.05, 0.1) is 5.69 Å². The van der Waals surface area contributed by atoms with E-state index in [9.17, 15) is 9.59 Å². The summed E-state index contributed by atoms with van der Waals surface area (Å²) in [5, 5.41) is 0. The van der Waals surface area contributed by atoms with Crippen LogP contribution in [0.4, 0.5) is 5.69 Å². The van der Waals surface area contributed by atoms with Crippen molar-refractivity contribution in [1.29, 1.82) is 0 Å². The lowest BCUT2D eigenvalue weighted by Crippen LogP contribution is -2.54. The van der Waals surface area contributed by atoms with Gasteiger partial charge in [0.1, 0.15) is 11.9 Å². The molecule has 0 N–H and O–H groups in total. The topological polar surface area (TPSA) is 53.0 Å². The van der Waals surface area contributed by atoms with E-state index in [-0.39, 0.29) is 17.9 Å². The SMILES string of the molecule is CC1=Nc2ccccc2CN1C1CCC(=O)N(C)C1=O. The maximum Gasteiger partial charge on any atom is 0.251 e. The molecule has 1 aromatic carbocycles. The summed E-state index contributed by atoms with van der Waals surface area (Å²) in [5.74, 6) is 0.609. The minimum Gasteiger partial charge on any atom is -0.344 e. The number of piperidine rings is 1. The number of amidine groups is 1. The highest BCUT2D eigenvalue weighted by Crippen LogP contribution is 2.29. The van der Waals surface area contributed by atoms with Gasteiger partial charge in [-0.05, 0) is 25.0 Å². The van der Waals surface area contributed by atoms with Crippen molar-refractivity contribution >= 4 is 23.3 Å². The standard InChI is InChI=1S/C15H17N3O2/c1-10-16-12-6-4-3-5-11(12)9-18(10)13-7-8-14(19)17(2)15(13)20/h3-6,13H,7-9H2,1-2H3. The van der Waals surface area contributed by atoms with Crippen LogP contribution in [0, 0.1) is 0 Å². The van der Waals surface area contributed by atoms with Gasteiger partial charge in [0.25, 0.3) is 5.91 Å². The third kappa shape index (κ3) is 1.99. The van der Waals surface area contributed by atoms with E-state index in [0.717, 1.165) is 17.1 Å². The molecule has 0 aromatic heterocycles. The molecule has 1 aromatic rings. The number of para-hydroxylation sites is 1. The molecule has 2 aliphatic rings. The third-order valence-corrected chi connectivity index (χ3v) is 4.03. The largest absolute Gasteiger partial charge is 0.344 e. The third-order valence-electron chi connectivity index (χ3n) is 4.03. The molecule has 0 radical (unpaired) electrons. The van der Waals surface area contributed by atoms with Crippen LogP contribution in [0.5, 0.6) is 0 Å². The minimum atomic E-state index is -0.283. The number of hydrogen-bond acceptors (Lipinski definition) is 4. The number of rotatable bonds is 1. The molecule has 0 aliphatic carbocycles. The van der Waals surface area contributed by atoms with E-state index in [0.29, 0.717) is 19.4 Å². The Balaban J connectivity index is 1.89. The van der Waals surface area contributed by atoms with Gasteiger partial charge in [-0.3, -0.25) is 14.5 Å². The van der Waals surface area contributed by atoms with E-state index in [1.54, 1.807) is 7.05 Å². The highest BCUT2D eigenvalue weighted by atomic mass is 16.2. The van der Waals surface area contributed by atoms with Gasteiger partial charge in [0.15, 0.2) is 0 Å². The lowest BCUT2D eigenvalue weighted by molar-refractivity contribution is -0.150. The highest BCUT2D eigenvalue weighted by molar-refractivity contribution is 6.02. The first kappa shape index (κ1) is 12.8. The van der Waals surface area contributed by atoms with Crippen molar-refractivity contribution < 1.29 is 9.59 Å². The summed E-state index contributed by atoms with van der Waals surface area (Å²) in [4.78, 5) is 31.7. The first-order valence-electron chi connectivity index (χ1n) is 6.78. The number of carbonyl (C=O) groups is 2. The van der Waals surface area contributed by atoms with Crippen molar-refractivity contribution in [2.24, 2.45) is 4.99 Å². The molecule has 20 heavy (non-hydrogen) atoms. The fourth-order valence-electron chi connectivity index (χ4n) is 2.81. The number of nitrogens with zero attached hydrogens (tertiary/aromatic N) is 3. The Bertz CT molecular complexity index is 609. The average Bonchev–Trinajstić information content (AvgIpc) is 2.45. The van der Waals surface area contributed by atoms with E-state index >= 15 is 0 Å². The Morgan fingerprint density at radius 1 is 1.25 bits per heavy atom. The van der Waals surface area contributed by atoms with Gasteiger partial charge in [-0.25, -0.2) is 4.99 Å². The fraction of sp³-hybridized carbons (Fsp3) is 0.400. The minimum absolute atomic E-state index is 0.0988. The summed E-state index contributed by atoms with van der Waals surface area (Å²) >= 11 is 0. The van der Waals surface area contributed by atoms with Crippen LogP contribution in [-0.4, -0.2) is 40.5 Å². The quantitative estimate of drug-likeness (QED) is 0.730. The molecule has 0 bridgehead atoms. The van der Waals surface area contributed by atoms with Gasteiger partial charge in [-0.2, -0.15) is 0 Å². The Labute approximate surface area is 117 Å². The number of amides is 2. The molecule has 1 saturated heterocycles. The van der Waals surface area contributed by atoms with Gasteiger partial charge in [-0.1, -0.05) is 18.2 Å². The van der Waals surface area contributed by atoms with Crippen molar-refractivity contribution in [3.05, 3.63) is 29.8 Å². The zero-order valence-electron chi connectivity index (χ0n) is 11.7. The smallest absolute Gasteiger partial charge is 0.251 e. The van der Waals surface area contributed by atoms with Crippen molar-refractivity contribution in [3.8, 4) is 0 Å². The van der Waals surface area contributed by atoms with Crippen molar-refractivity contribution in [2.45, 2.75) is 32.4 Å². The molecule has 0 spiro atoms. The number of imide groups is 1. The molecular weight excluding hydrogens is 254 g/mol. The number of aliphatic imine (C=N–C) groups is 1. The molecule has 2 aliphatic heterocycles. The summed E-state index contributed by atoms with van der Waals surface area (Å²) in [5.41, 5.74) is 2.08. The second-order valence-corrected chi connectivity index (χ2v) is 5.26. The molecule has 1 unspecified atom stereocenters. The Hall–Kier alpha value is -2.17. The normalized spacial score (nSPS) is 22.7. The molecule has 2 heterocycles. The number of benzene rings is 1. The van der Waals surface area contributed by atoms with Gasteiger partial charge in [0.2, 0.25) is 5.91 Å². The zero-order valence-corrected chi connectivity index (χ0v) is 11.7. The molecule has 0 saturated carbocycles. The van der Waals surface area contributed by atoms with Crippen molar-refractivity contribution in [1.82, 2.24) is 9.80 Å². The lowest BCUT2D eigenvalue weighted by atomic mass is 10.0. The van der Waals surface area contributed by atoms with E-state index in [4.69, 9.17) is 0 Å². The number of likely N-dealkylation sites (tertiary alicyclic amines) is 1. The van der Waals surface area contributed by atoms with E-state index in [2.05, 4.69) is 4.99 Å². The van der Waals surface area contributed by atoms with Crippen LogP contribution >= 0.6 is 0 Å². The monoisotopic (exact) mass is 271 g/mol. The Morgan fingerprint density at radius 3 is 2.80 bits per heavy atom. The van der Waals surface area contributed by atoms with Crippen LogP contribution < -0.4 is 0 Å². The van der Waals surface area contributed by atoms with Crippen molar-refractivity contribution in [2.75, 3.05) is 7.05 Å². The molecule has 1 atom stereocenters. The molecule has 1 fully saturated rings. The summed E-state index contributed by atoms with van der Waals surface area (Å²) < 4.78 is 0. The molecule has 3 rings (SSSR count). The summed E-state index contributed by atoms with van der Waals surface area (Å²) in [6.45, 7) is 2.59. The predicted octanol–water partition coefficient (Wildman–Crippen LogP) is 1.70. The maximum absolute atomic E-state index is 12.3. The number of fused-ring (bicyclic) bond motifs is 1. The van der Waals surface area contributed by atoms with Gasteiger partial charge < -0.3 is 4.90 Å². The van der Waals surface area contributed by atoms with Crippen LogP contribution in [0.2, 0.25) is 0 Å². The molecule has 5 heteroatoms. The summed E-state index contributed by atoms with van der Waals surface area (Å²) in [7, 11) is 1.56. The second kappa shape index (κ2) is 4.74. The molecular formula is C15H17N3O2. The number of carbonyl (C=O) groups excluding carboxylic acids is 2. The van der Waals surface area contributed by atoms with Gasteiger partial charge >= 0.3 is 0 Å². The molecule has 104 valence electrons. The second-order valence-electron chi connectivity index (χ2n) is 5.26. The van der Waals surface area contributed by atoms with Crippen LogP contribution in [-0.2, 0) is 16.1 Å². The molecule has 5 nitrogen and oxygen atoms in total. The zero-order chi connectivity index (χ0) is 14.3. The number of likely N-dealkylation sites (N-methyl/N-ethyl adjacent to an activating group) is 1. The van der Waals surface area contributed by atoms with Crippen LogP contribution in [0.1, 0.15) is 25.3 Å². The number of hydrogen-bond donors (Lipinski definition) is 0. The van der Waals surface area contributed by atoms with Crippen LogP contribution in [0.25, 0.3) is 0 Å². The highest BCUT2D eigenvalue weighted by Gasteiger charge is 2.37. The average molecular weight is 271 g/mol. The maximum atomic E-state index is 12.3. The summed E-state index contributed by atoms with van der Waals surface area (Å²) in [6, 6.07) is 7.67. The van der Waals surface area contributed by atoms with Gasteiger partial charge in [-0.15, -0.1) is 0 Å². The first-order chi connectivity index (χ1) is 9.58. The fourth-order valence-corrected chi connectivity index (χ4v) is 2.81.